The number of hydrogen-bond acceptors (Lipinski definition) is 5. The van der Waals surface area contributed by atoms with Crippen LogP contribution in [0.25, 0.3) is 6.08 Å². The van der Waals surface area contributed by atoms with Crippen LogP contribution in [0.2, 0.25) is 0 Å². The molecule has 0 amide bonds. The number of benzene rings is 1. The van der Waals surface area contributed by atoms with Crippen LogP contribution in [0, 0.1) is 0 Å². The first-order valence-corrected chi connectivity index (χ1v) is 6.94. The zero-order valence-corrected chi connectivity index (χ0v) is 12.5. The van der Waals surface area contributed by atoms with E-state index in [-0.39, 0.29) is 18.4 Å². The second kappa shape index (κ2) is 7.24. The van der Waals surface area contributed by atoms with E-state index in [0.29, 0.717) is 19.0 Å². The lowest BCUT2D eigenvalue weighted by molar-refractivity contribution is -0.137. The van der Waals surface area contributed by atoms with Gasteiger partial charge in [0, 0.05) is 11.6 Å². The van der Waals surface area contributed by atoms with E-state index in [0.717, 1.165) is 11.1 Å². The third kappa shape index (κ3) is 4.06. The van der Waals surface area contributed by atoms with Crippen molar-refractivity contribution in [2.24, 2.45) is 0 Å². The highest BCUT2D eigenvalue weighted by Gasteiger charge is 2.24. The molecule has 1 aliphatic rings. The molecule has 1 aromatic rings. The van der Waals surface area contributed by atoms with E-state index in [1.165, 1.54) is 6.08 Å². The number of carbonyl (C=O) groups excluding carboxylic acids is 1. The van der Waals surface area contributed by atoms with Gasteiger partial charge in [0.2, 0.25) is 0 Å². The molecule has 1 aromatic carbocycles. The minimum Gasteiger partial charge on any atom is -0.496 e. The number of ether oxygens (including phenoxy) is 4. The van der Waals surface area contributed by atoms with Gasteiger partial charge in [-0.1, -0.05) is 6.07 Å². The summed E-state index contributed by atoms with van der Waals surface area (Å²) in [6.45, 7) is 4.51. The smallest absolute Gasteiger partial charge is 0.330 e. The van der Waals surface area contributed by atoms with E-state index in [1.807, 2.05) is 25.1 Å². The molecule has 2 atom stereocenters. The zero-order chi connectivity index (χ0) is 15.2. The van der Waals surface area contributed by atoms with Crippen molar-refractivity contribution in [2.45, 2.75) is 26.2 Å². The van der Waals surface area contributed by atoms with Crippen LogP contribution in [0.5, 0.6) is 5.75 Å². The third-order valence-electron chi connectivity index (χ3n) is 3.15. The Labute approximate surface area is 124 Å². The highest BCUT2D eigenvalue weighted by molar-refractivity contribution is 5.87. The predicted octanol–water partition coefficient (Wildman–Crippen LogP) is 2.71. The number of hydrogen-bond donors (Lipinski definition) is 0. The lowest BCUT2D eigenvalue weighted by atomic mass is 10.0. The molecule has 114 valence electrons. The fraction of sp³-hybridized carbons (Fsp3) is 0.438. The van der Waals surface area contributed by atoms with Crippen LogP contribution in [-0.2, 0) is 19.0 Å². The Morgan fingerprint density at radius 1 is 1.48 bits per heavy atom. The van der Waals surface area contributed by atoms with Crippen molar-refractivity contribution < 1.29 is 23.7 Å². The third-order valence-corrected chi connectivity index (χ3v) is 3.15. The first kappa shape index (κ1) is 15.5. The maximum atomic E-state index is 11.4. The molecular formula is C16H20O5. The van der Waals surface area contributed by atoms with Gasteiger partial charge < -0.3 is 18.9 Å². The summed E-state index contributed by atoms with van der Waals surface area (Å²) in [5.74, 6) is 0.310. The summed E-state index contributed by atoms with van der Waals surface area (Å²) in [6, 6.07) is 5.72. The first-order chi connectivity index (χ1) is 10.1. The normalized spacial score (nSPS) is 21.7. The van der Waals surface area contributed by atoms with Crippen molar-refractivity contribution in [2.75, 3.05) is 20.3 Å². The van der Waals surface area contributed by atoms with E-state index in [1.54, 1.807) is 20.1 Å². The van der Waals surface area contributed by atoms with Crippen LogP contribution < -0.4 is 4.74 Å². The summed E-state index contributed by atoms with van der Waals surface area (Å²) in [7, 11) is 1.59. The maximum Gasteiger partial charge on any atom is 0.330 e. The molecule has 0 aliphatic carbocycles. The molecular weight excluding hydrogens is 272 g/mol. The topological polar surface area (TPSA) is 54.0 Å². The van der Waals surface area contributed by atoms with Gasteiger partial charge in [0.25, 0.3) is 0 Å². The highest BCUT2D eigenvalue weighted by Crippen LogP contribution is 2.30. The Bertz CT molecular complexity index is 523. The van der Waals surface area contributed by atoms with Crippen LogP contribution in [-0.4, -0.2) is 32.6 Å². The van der Waals surface area contributed by atoms with E-state index < -0.39 is 0 Å². The number of rotatable bonds is 5. The van der Waals surface area contributed by atoms with Crippen LogP contribution in [0.3, 0.4) is 0 Å². The minimum atomic E-state index is -0.376. The Balaban J connectivity index is 2.19. The molecule has 1 fully saturated rings. The lowest BCUT2D eigenvalue weighted by Gasteiger charge is -2.12. The van der Waals surface area contributed by atoms with Gasteiger partial charge in [-0.3, -0.25) is 0 Å². The van der Waals surface area contributed by atoms with E-state index in [9.17, 15) is 4.79 Å². The van der Waals surface area contributed by atoms with Gasteiger partial charge in [0.15, 0.2) is 6.29 Å². The molecule has 0 radical (unpaired) electrons. The lowest BCUT2D eigenvalue weighted by Crippen LogP contribution is -2.03. The molecule has 0 saturated carbocycles. The molecule has 2 rings (SSSR count). The zero-order valence-electron chi connectivity index (χ0n) is 12.5. The van der Waals surface area contributed by atoms with Gasteiger partial charge >= 0.3 is 5.97 Å². The van der Waals surface area contributed by atoms with Crippen molar-refractivity contribution in [1.82, 2.24) is 0 Å². The Morgan fingerprint density at radius 3 is 2.90 bits per heavy atom. The monoisotopic (exact) mass is 292 g/mol. The first-order valence-electron chi connectivity index (χ1n) is 6.94. The molecule has 2 unspecified atom stereocenters. The minimum absolute atomic E-state index is 0.0966. The molecule has 1 heterocycles. The Kier molecular flexibility index (Phi) is 5.36. The molecule has 21 heavy (non-hydrogen) atoms. The van der Waals surface area contributed by atoms with Crippen LogP contribution >= 0.6 is 0 Å². The van der Waals surface area contributed by atoms with Gasteiger partial charge in [-0.05, 0) is 37.6 Å². The summed E-state index contributed by atoms with van der Waals surface area (Å²) < 4.78 is 21.2. The quantitative estimate of drug-likeness (QED) is 0.617. The van der Waals surface area contributed by atoms with Gasteiger partial charge in [-0.15, -0.1) is 0 Å². The van der Waals surface area contributed by atoms with Crippen molar-refractivity contribution in [3.63, 3.8) is 0 Å². The largest absolute Gasteiger partial charge is 0.496 e. The number of methoxy groups -OCH3 is 1. The predicted molar refractivity (Wildman–Crippen MR) is 77.9 cm³/mol. The summed E-state index contributed by atoms with van der Waals surface area (Å²) in [5, 5.41) is 0. The molecule has 1 aliphatic heterocycles. The SMILES string of the molecule is CCOC(=O)C=Cc1cc(C2COC(C)O2)ccc1OC. The molecule has 0 bridgehead atoms. The second-order valence-electron chi connectivity index (χ2n) is 4.61. The summed E-state index contributed by atoms with van der Waals surface area (Å²) in [6.07, 6.45) is 2.77. The van der Waals surface area contributed by atoms with Gasteiger partial charge in [-0.2, -0.15) is 0 Å². The fourth-order valence-corrected chi connectivity index (χ4v) is 2.14. The van der Waals surface area contributed by atoms with Crippen molar-refractivity contribution >= 4 is 12.0 Å². The van der Waals surface area contributed by atoms with Crippen LogP contribution in [0.1, 0.15) is 31.1 Å². The number of carbonyl (C=O) groups is 1. The molecule has 0 N–H and O–H groups in total. The fourth-order valence-electron chi connectivity index (χ4n) is 2.14. The average Bonchev–Trinajstić information content (AvgIpc) is 2.91. The van der Waals surface area contributed by atoms with Crippen molar-refractivity contribution in [1.29, 1.82) is 0 Å². The van der Waals surface area contributed by atoms with Gasteiger partial charge in [-0.25, -0.2) is 4.79 Å². The molecule has 5 heteroatoms. The summed E-state index contributed by atoms with van der Waals surface area (Å²) in [4.78, 5) is 11.4. The maximum absolute atomic E-state index is 11.4. The Morgan fingerprint density at radius 2 is 2.29 bits per heavy atom. The second-order valence-corrected chi connectivity index (χ2v) is 4.61. The standard InChI is InChI=1S/C16H20O5/c1-4-19-16(17)8-6-12-9-13(5-7-14(12)18-3)15-10-20-11(2)21-15/h5-9,11,15H,4,10H2,1-3H3. The van der Waals surface area contributed by atoms with E-state index in [4.69, 9.17) is 18.9 Å². The average molecular weight is 292 g/mol. The highest BCUT2D eigenvalue weighted by atomic mass is 16.7. The molecule has 1 saturated heterocycles. The summed E-state index contributed by atoms with van der Waals surface area (Å²) >= 11 is 0. The van der Waals surface area contributed by atoms with Crippen LogP contribution in [0.4, 0.5) is 0 Å². The van der Waals surface area contributed by atoms with Gasteiger partial charge in [0.1, 0.15) is 11.9 Å². The molecule has 0 spiro atoms. The molecule has 0 aromatic heterocycles. The van der Waals surface area contributed by atoms with E-state index >= 15 is 0 Å². The Hall–Kier alpha value is -1.85. The van der Waals surface area contributed by atoms with Crippen LogP contribution in [0.15, 0.2) is 24.3 Å². The van der Waals surface area contributed by atoms with E-state index in [2.05, 4.69) is 0 Å². The van der Waals surface area contributed by atoms with Gasteiger partial charge in [0.05, 0.1) is 20.3 Å². The summed E-state index contributed by atoms with van der Waals surface area (Å²) in [5.41, 5.74) is 1.79. The van der Waals surface area contributed by atoms with Crippen molar-refractivity contribution in [3.8, 4) is 5.75 Å². The number of esters is 1. The molecule has 5 nitrogen and oxygen atoms in total. The van der Waals surface area contributed by atoms with Crippen molar-refractivity contribution in [3.05, 3.63) is 35.4 Å².